The number of rotatable bonds is 3. The lowest BCUT2D eigenvalue weighted by Gasteiger charge is -2.37. The minimum atomic E-state index is -0.451. The van der Waals surface area contributed by atoms with E-state index in [1.165, 1.54) is 6.07 Å². The van der Waals surface area contributed by atoms with Gasteiger partial charge in [0.25, 0.3) is 0 Å². The average molecular weight is 295 g/mol. The Morgan fingerprint density at radius 2 is 2.24 bits per heavy atom. The van der Waals surface area contributed by atoms with Gasteiger partial charge in [-0.15, -0.1) is 0 Å². The monoisotopic (exact) mass is 295 g/mol. The van der Waals surface area contributed by atoms with E-state index in [2.05, 4.69) is 5.32 Å². The van der Waals surface area contributed by atoms with Gasteiger partial charge in [0.2, 0.25) is 5.91 Å². The fourth-order valence-corrected chi connectivity index (χ4v) is 2.42. The van der Waals surface area contributed by atoms with E-state index in [4.69, 9.17) is 10.5 Å². The molecular weight excluding hydrogens is 273 g/mol. The predicted molar refractivity (Wildman–Crippen MR) is 80.8 cm³/mol. The van der Waals surface area contributed by atoms with E-state index < -0.39 is 6.04 Å². The summed E-state index contributed by atoms with van der Waals surface area (Å²) in [6, 6.07) is 2.59. The summed E-state index contributed by atoms with van der Waals surface area (Å²) in [6.07, 6.45) is 0. The van der Waals surface area contributed by atoms with E-state index in [0.717, 1.165) is 0 Å². The van der Waals surface area contributed by atoms with Crippen molar-refractivity contribution < 1.29 is 13.9 Å². The molecule has 0 aliphatic carbocycles. The Morgan fingerprint density at radius 1 is 1.52 bits per heavy atom. The Bertz CT molecular complexity index is 534. The fourth-order valence-electron chi connectivity index (χ4n) is 2.42. The first-order valence-corrected chi connectivity index (χ1v) is 7.10. The summed E-state index contributed by atoms with van der Waals surface area (Å²) >= 11 is 0. The number of anilines is 2. The van der Waals surface area contributed by atoms with Crippen LogP contribution in [0.1, 0.15) is 19.4 Å². The molecule has 5 nitrogen and oxygen atoms in total. The minimum Gasteiger partial charge on any atom is -0.397 e. The van der Waals surface area contributed by atoms with Crippen LogP contribution in [0, 0.1) is 12.7 Å². The summed E-state index contributed by atoms with van der Waals surface area (Å²) in [4.78, 5) is 14.2. The van der Waals surface area contributed by atoms with Crippen LogP contribution in [0.5, 0.6) is 0 Å². The van der Waals surface area contributed by atoms with Crippen LogP contribution in [0.4, 0.5) is 15.8 Å². The molecule has 1 aliphatic rings. The van der Waals surface area contributed by atoms with Gasteiger partial charge in [-0.05, 0) is 38.5 Å². The number of aryl methyl sites for hydroxylation is 1. The SMILES string of the molecule is Cc1cc(N2CCOCC2C(=O)NC(C)C)c(N)cc1F. The van der Waals surface area contributed by atoms with Crippen LogP contribution in [-0.4, -0.2) is 37.7 Å². The third-order valence-corrected chi connectivity index (χ3v) is 3.48. The Balaban J connectivity index is 2.30. The molecule has 1 aliphatic heterocycles. The van der Waals surface area contributed by atoms with Crippen molar-refractivity contribution in [3.8, 4) is 0 Å². The highest BCUT2D eigenvalue weighted by Crippen LogP contribution is 2.29. The Morgan fingerprint density at radius 3 is 2.90 bits per heavy atom. The lowest BCUT2D eigenvalue weighted by atomic mass is 10.1. The quantitative estimate of drug-likeness (QED) is 0.828. The van der Waals surface area contributed by atoms with Crippen molar-refractivity contribution in [2.45, 2.75) is 32.9 Å². The molecule has 1 aromatic carbocycles. The number of benzene rings is 1. The molecule has 1 unspecified atom stereocenters. The molecule has 116 valence electrons. The first-order chi connectivity index (χ1) is 9.90. The van der Waals surface area contributed by atoms with Crippen LogP contribution in [0.25, 0.3) is 0 Å². The number of hydrogen-bond acceptors (Lipinski definition) is 4. The Hall–Kier alpha value is -1.82. The van der Waals surface area contributed by atoms with Gasteiger partial charge < -0.3 is 20.7 Å². The second kappa shape index (κ2) is 6.30. The van der Waals surface area contributed by atoms with Gasteiger partial charge in [0, 0.05) is 12.6 Å². The van der Waals surface area contributed by atoms with Crippen LogP contribution in [0.3, 0.4) is 0 Å². The Labute approximate surface area is 124 Å². The predicted octanol–water partition coefficient (Wildman–Crippen LogP) is 1.45. The molecule has 1 aromatic rings. The standard InChI is InChI=1S/C15H22FN3O2/c1-9(2)18-15(20)14-8-21-5-4-19(14)13-6-10(3)11(16)7-12(13)17/h6-7,9,14H,4-5,8,17H2,1-3H3,(H,18,20). The zero-order valence-electron chi connectivity index (χ0n) is 12.6. The van der Waals surface area contributed by atoms with Gasteiger partial charge in [-0.1, -0.05) is 0 Å². The fraction of sp³-hybridized carbons (Fsp3) is 0.533. The number of carbonyl (C=O) groups excluding carboxylic acids is 1. The summed E-state index contributed by atoms with van der Waals surface area (Å²) < 4.78 is 19.0. The number of nitrogens with zero attached hydrogens (tertiary/aromatic N) is 1. The molecule has 21 heavy (non-hydrogen) atoms. The van der Waals surface area contributed by atoms with Crippen molar-refractivity contribution in [2.75, 3.05) is 30.4 Å². The summed E-state index contributed by atoms with van der Waals surface area (Å²) in [7, 11) is 0. The third-order valence-electron chi connectivity index (χ3n) is 3.48. The van der Waals surface area contributed by atoms with E-state index in [1.807, 2.05) is 18.7 Å². The van der Waals surface area contributed by atoms with Crippen molar-refractivity contribution in [3.63, 3.8) is 0 Å². The summed E-state index contributed by atoms with van der Waals surface area (Å²) in [5.41, 5.74) is 7.46. The number of hydrogen-bond donors (Lipinski definition) is 2. The Kier molecular flexibility index (Phi) is 4.67. The summed E-state index contributed by atoms with van der Waals surface area (Å²) in [5.74, 6) is -0.446. The zero-order valence-corrected chi connectivity index (χ0v) is 12.6. The molecule has 1 heterocycles. The van der Waals surface area contributed by atoms with E-state index in [0.29, 0.717) is 36.7 Å². The lowest BCUT2D eigenvalue weighted by molar-refractivity contribution is -0.125. The molecule has 1 saturated heterocycles. The van der Waals surface area contributed by atoms with Gasteiger partial charge in [0.1, 0.15) is 11.9 Å². The smallest absolute Gasteiger partial charge is 0.245 e. The maximum absolute atomic E-state index is 13.6. The molecule has 1 amide bonds. The molecule has 3 N–H and O–H groups in total. The molecule has 0 spiro atoms. The van der Waals surface area contributed by atoms with E-state index in [-0.39, 0.29) is 17.8 Å². The maximum atomic E-state index is 13.6. The molecule has 0 bridgehead atoms. The summed E-state index contributed by atoms with van der Waals surface area (Å²) in [5, 5.41) is 2.88. The van der Waals surface area contributed by atoms with Gasteiger partial charge in [0.05, 0.1) is 24.6 Å². The second-order valence-electron chi connectivity index (χ2n) is 5.61. The van der Waals surface area contributed by atoms with Gasteiger partial charge >= 0.3 is 0 Å². The van der Waals surface area contributed by atoms with Crippen LogP contribution in [0.15, 0.2) is 12.1 Å². The minimum absolute atomic E-state index is 0.0496. The van der Waals surface area contributed by atoms with E-state index in [9.17, 15) is 9.18 Å². The molecule has 2 rings (SSSR count). The zero-order chi connectivity index (χ0) is 15.6. The molecule has 0 aromatic heterocycles. The van der Waals surface area contributed by atoms with Crippen molar-refractivity contribution in [1.29, 1.82) is 0 Å². The summed E-state index contributed by atoms with van der Waals surface area (Å²) in [6.45, 7) is 6.85. The normalized spacial score (nSPS) is 18.9. The third kappa shape index (κ3) is 3.44. The first kappa shape index (κ1) is 15.6. The van der Waals surface area contributed by atoms with Crippen LogP contribution >= 0.6 is 0 Å². The number of amides is 1. The highest BCUT2D eigenvalue weighted by atomic mass is 19.1. The van der Waals surface area contributed by atoms with Crippen molar-refractivity contribution >= 4 is 17.3 Å². The van der Waals surface area contributed by atoms with Crippen molar-refractivity contribution in [1.82, 2.24) is 5.32 Å². The molecule has 1 fully saturated rings. The average Bonchev–Trinajstić information content (AvgIpc) is 2.42. The number of ether oxygens (including phenoxy) is 1. The van der Waals surface area contributed by atoms with Crippen LogP contribution in [-0.2, 0) is 9.53 Å². The van der Waals surface area contributed by atoms with Gasteiger partial charge in [-0.3, -0.25) is 4.79 Å². The van der Waals surface area contributed by atoms with E-state index >= 15 is 0 Å². The highest BCUT2D eigenvalue weighted by molar-refractivity contribution is 5.87. The largest absolute Gasteiger partial charge is 0.397 e. The lowest BCUT2D eigenvalue weighted by Crippen LogP contribution is -2.55. The van der Waals surface area contributed by atoms with Crippen molar-refractivity contribution in [3.05, 3.63) is 23.5 Å². The van der Waals surface area contributed by atoms with E-state index in [1.54, 1.807) is 13.0 Å². The van der Waals surface area contributed by atoms with Crippen LogP contribution in [0.2, 0.25) is 0 Å². The molecule has 0 radical (unpaired) electrons. The molecular formula is C15H22FN3O2. The molecule has 6 heteroatoms. The highest BCUT2D eigenvalue weighted by Gasteiger charge is 2.31. The van der Waals surface area contributed by atoms with Gasteiger partial charge in [0.15, 0.2) is 0 Å². The number of carbonyl (C=O) groups is 1. The molecule has 0 saturated carbocycles. The number of nitrogens with two attached hydrogens (primary N) is 1. The number of halogens is 1. The van der Waals surface area contributed by atoms with Gasteiger partial charge in [-0.2, -0.15) is 0 Å². The number of nitrogens with one attached hydrogen (secondary N) is 1. The number of morpholine rings is 1. The first-order valence-electron chi connectivity index (χ1n) is 7.10. The molecule has 1 atom stereocenters. The van der Waals surface area contributed by atoms with Crippen molar-refractivity contribution in [2.24, 2.45) is 0 Å². The second-order valence-corrected chi connectivity index (χ2v) is 5.61. The van der Waals surface area contributed by atoms with Gasteiger partial charge in [-0.25, -0.2) is 4.39 Å². The number of nitrogen functional groups attached to an aromatic ring is 1. The maximum Gasteiger partial charge on any atom is 0.245 e. The topological polar surface area (TPSA) is 67.6 Å². The van der Waals surface area contributed by atoms with Crippen LogP contribution < -0.4 is 16.0 Å².